The molecule has 8 heteroatoms. The number of nitrogens with one attached hydrogen (secondary N) is 1. The second-order valence-corrected chi connectivity index (χ2v) is 6.16. The van der Waals surface area contributed by atoms with Gasteiger partial charge in [0.05, 0.1) is 11.9 Å². The number of aromatic nitrogens is 5. The van der Waals surface area contributed by atoms with E-state index in [1.807, 2.05) is 28.8 Å². The first-order valence-corrected chi connectivity index (χ1v) is 7.79. The molecule has 0 aliphatic carbocycles. The number of nitrogens with two attached hydrogens (primary N) is 1. The maximum atomic E-state index is 6.30. The monoisotopic (exact) mass is 330 g/mol. The first-order valence-electron chi connectivity index (χ1n) is 6.59. The SMILES string of the molecule is NCc1nc2[nH]nc(-n3cncc3-c3ccccc3Cl)c2s1. The van der Waals surface area contributed by atoms with Gasteiger partial charge in [-0.15, -0.1) is 11.3 Å². The van der Waals surface area contributed by atoms with E-state index < -0.39 is 0 Å². The van der Waals surface area contributed by atoms with Crippen molar-refractivity contribution in [3.05, 3.63) is 46.8 Å². The zero-order chi connectivity index (χ0) is 15.1. The summed E-state index contributed by atoms with van der Waals surface area (Å²) >= 11 is 7.82. The molecule has 0 unspecified atom stereocenters. The second kappa shape index (κ2) is 5.20. The quantitative estimate of drug-likeness (QED) is 0.604. The molecule has 22 heavy (non-hydrogen) atoms. The van der Waals surface area contributed by atoms with Gasteiger partial charge in [-0.05, 0) is 6.07 Å². The summed E-state index contributed by atoms with van der Waals surface area (Å²) in [7, 11) is 0. The average molecular weight is 331 g/mol. The van der Waals surface area contributed by atoms with Crippen LogP contribution in [0.2, 0.25) is 5.02 Å². The molecule has 3 heterocycles. The van der Waals surface area contributed by atoms with Gasteiger partial charge in [0.2, 0.25) is 0 Å². The molecule has 4 aromatic rings. The minimum Gasteiger partial charge on any atom is -0.325 e. The molecule has 0 fully saturated rings. The van der Waals surface area contributed by atoms with Gasteiger partial charge in [-0.1, -0.05) is 29.8 Å². The van der Waals surface area contributed by atoms with Crippen LogP contribution in [0.5, 0.6) is 0 Å². The Morgan fingerprint density at radius 2 is 2.18 bits per heavy atom. The van der Waals surface area contributed by atoms with E-state index in [1.165, 1.54) is 11.3 Å². The molecule has 1 aromatic carbocycles. The summed E-state index contributed by atoms with van der Waals surface area (Å²) in [6.45, 7) is 0.411. The third kappa shape index (κ3) is 2.02. The highest BCUT2D eigenvalue weighted by molar-refractivity contribution is 7.19. The van der Waals surface area contributed by atoms with Crippen LogP contribution in [0.15, 0.2) is 36.8 Å². The smallest absolute Gasteiger partial charge is 0.180 e. The maximum absolute atomic E-state index is 6.30. The first-order chi connectivity index (χ1) is 10.8. The number of nitrogens with zero attached hydrogens (tertiary/aromatic N) is 4. The Kier molecular flexibility index (Phi) is 3.18. The van der Waals surface area contributed by atoms with Crippen LogP contribution >= 0.6 is 22.9 Å². The Morgan fingerprint density at radius 1 is 1.32 bits per heavy atom. The molecule has 0 bridgehead atoms. The lowest BCUT2D eigenvalue weighted by Gasteiger charge is -2.06. The third-order valence-electron chi connectivity index (χ3n) is 3.33. The molecule has 0 radical (unpaired) electrons. The lowest BCUT2D eigenvalue weighted by atomic mass is 10.1. The van der Waals surface area contributed by atoms with Gasteiger partial charge in [0.1, 0.15) is 16.0 Å². The summed E-state index contributed by atoms with van der Waals surface area (Å²) in [5, 5.41) is 8.82. The van der Waals surface area contributed by atoms with Gasteiger partial charge in [-0.25, -0.2) is 9.97 Å². The molecule has 0 saturated heterocycles. The number of H-pyrrole nitrogens is 1. The average Bonchev–Trinajstić information content (AvgIpc) is 3.21. The minimum atomic E-state index is 0.411. The van der Waals surface area contributed by atoms with Crippen molar-refractivity contribution in [2.24, 2.45) is 5.73 Å². The van der Waals surface area contributed by atoms with E-state index in [2.05, 4.69) is 20.2 Å². The van der Waals surface area contributed by atoms with Crippen LogP contribution in [-0.4, -0.2) is 24.7 Å². The molecule has 4 rings (SSSR count). The van der Waals surface area contributed by atoms with Gasteiger partial charge >= 0.3 is 0 Å². The summed E-state index contributed by atoms with van der Waals surface area (Å²) in [6.07, 6.45) is 3.49. The fraction of sp³-hybridized carbons (Fsp3) is 0.0714. The van der Waals surface area contributed by atoms with E-state index in [-0.39, 0.29) is 0 Å². The highest BCUT2D eigenvalue weighted by Crippen LogP contribution is 2.32. The highest BCUT2D eigenvalue weighted by atomic mass is 35.5. The number of imidazole rings is 1. The molecule has 0 aliphatic rings. The van der Waals surface area contributed by atoms with Crippen LogP contribution in [0.3, 0.4) is 0 Å². The Balaban J connectivity index is 1.91. The lowest BCUT2D eigenvalue weighted by Crippen LogP contribution is -1.97. The van der Waals surface area contributed by atoms with E-state index in [1.54, 1.807) is 12.5 Å². The van der Waals surface area contributed by atoms with Crippen LogP contribution in [-0.2, 0) is 6.54 Å². The van der Waals surface area contributed by atoms with Crippen LogP contribution in [0.1, 0.15) is 5.01 Å². The standard InChI is InChI=1S/C14H11ClN6S/c15-9-4-2-1-3-8(9)10-6-17-7-21(10)14-12-13(19-20-14)18-11(5-16)22-12/h1-4,6-7H,5,16H2,(H,19,20). The number of rotatable bonds is 3. The molecule has 3 aromatic heterocycles. The predicted molar refractivity (Wildman–Crippen MR) is 87.2 cm³/mol. The zero-order valence-corrected chi connectivity index (χ0v) is 12.9. The van der Waals surface area contributed by atoms with E-state index in [4.69, 9.17) is 17.3 Å². The van der Waals surface area contributed by atoms with E-state index in [9.17, 15) is 0 Å². The summed E-state index contributed by atoms with van der Waals surface area (Å²) in [6, 6.07) is 7.65. The molecule has 6 nitrogen and oxygen atoms in total. The van der Waals surface area contributed by atoms with Gasteiger partial charge in [0, 0.05) is 17.1 Å². The van der Waals surface area contributed by atoms with Gasteiger partial charge in [-0.2, -0.15) is 5.10 Å². The van der Waals surface area contributed by atoms with Crippen molar-refractivity contribution < 1.29 is 0 Å². The fourth-order valence-electron chi connectivity index (χ4n) is 2.33. The number of halogens is 1. The number of thiazole rings is 1. The Bertz CT molecular complexity index is 953. The maximum Gasteiger partial charge on any atom is 0.180 e. The predicted octanol–water partition coefficient (Wildman–Crippen LogP) is 2.98. The molecular weight excluding hydrogens is 320 g/mol. The zero-order valence-electron chi connectivity index (χ0n) is 11.3. The van der Waals surface area contributed by atoms with Crippen LogP contribution in [0.4, 0.5) is 0 Å². The van der Waals surface area contributed by atoms with E-state index in [0.717, 1.165) is 32.4 Å². The Morgan fingerprint density at radius 3 is 3.00 bits per heavy atom. The second-order valence-electron chi connectivity index (χ2n) is 4.67. The Hall–Kier alpha value is -2.22. The van der Waals surface area contributed by atoms with Crippen LogP contribution in [0, 0.1) is 0 Å². The minimum absolute atomic E-state index is 0.411. The largest absolute Gasteiger partial charge is 0.325 e. The summed E-state index contributed by atoms with van der Waals surface area (Å²) in [4.78, 5) is 8.64. The molecule has 0 aliphatic heterocycles. The van der Waals surface area contributed by atoms with Crippen molar-refractivity contribution in [2.45, 2.75) is 6.54 Å². The van der Waals surface area contributed by atoms with E-state index in [0.29, 0.717) is 11.6 Å². The Labute approximate surface area is 134 Å². The van der Waals surface area contributed by atoms with E-state index >= 15 is 0 Å². The van der Waals surface area contributed by atoms with Gasteiger partial charge in [-0.3, -0.25) is 9.67 Å². The third-order valence-corrected chi connectivity index (χ3v) is 4.74. The summed E-state index contributed by atoms with van der Waals surface area (Å²) in [5.74, 6) is 0.750. The van der Waals surface area contributed by atoms with Crippen molar-refractivity contribution in [1.29, 1.82) is 0 Å². The highest BCUT2D eigenvalue weighted by Gasteiger charge is 2.17. The van der Waals surface area contributed by atoms with Crippen molar-refractivity contribution >= 4 is 33.3 Å². The number of benzene rings is 1. The van der Waals surface area contributed by atoms with Crippen molar-refractivity contribution in [3.8, 4) is 17.1 Å². The molecule has 110 valence electrons. The number of aromatic amines is 1. The van der Waals surface area contributed by atoms with Crippen LogP contribution in [0.25, 0.3) is 27.4 Å². The van der Waals surface area contributed by atoms with Crippen molar-refractivity contribution in [1.82, 2.24) is 24.7 Å². The molecule has 0 saturated carbocycles. The molecule has 0 spiro atoms. The summed E-state index contributed by atoms with van der Waals surface area (Å²) in [5.41, 5.74) is 8.18. The van der Waals surface area contributed by atoms with Crippen LogP contribution < -0.4 is 5.73 Å². The lowest BCUT2D eigenvalue weighted by molar-refractivity contribution is 0.962. The molecule has 3 N–H and O–H groups in total. The van der Waals surface area contributed by atoms with Crippen molar-refractivity contribution in [2.75, 3.05) is 0 Å². The first kappa shape index (κ1) is 13.4. The van der Waals surface area contributed by atoms with Crippen molar-refractivity contribution in [3.63, 3.8) is 0 Å². The molecule has 0 atom stereocenters. The normalized spacial score (nSPS) is 11.4. The summed E-state index contributed by atoms with van der Waals surface area (Å²) < 4.78 is 2.85. The van der Waals surface area contributed by atoms with Gasteiger partial charge < -0.3 is 5.73 Å². The number of fused-ring (bicyclic) bond motifs is 1. The number of hydrogen-bond donors (Lipinski definition) is 2. The fourth-order valence-corrected chi connectivity index (χ4v) is 3.44. The number of hydrogen-bond acceptors (Lipinski definition) is 5. The molecule has 0 amide bonds. The van der Waals surface area contributed by atoms with Gasteiger partial charge in [0.25, 0.3) is 0 Å². The molecular formula is C14H11ClN6S. The topological polar surface area (TPSA) is 85.4 Å². The van der Waals surface area contributed by atoms with Gasteiger partial charge in [0.15, 0.2) is 11.5 Å².